The minimum atomic E-state index is 1.21. The van der Waals surface area contributed by atoms with Crippen molar-refractivity contribution in [3.05, 3.63) is 57.3 Å². The summed E-state index contributed by atoms with van der Waals surface area (Å²) in [6.45, 7) is 0. The molecule has 0 atom stereocenters. The van der Waals surface area contributed by atoms with E-state index in [1.54, 1.807) is 49.4 Å². The van der Waals surface area contributed by atoms with Gasteiger partial charge in [-0.1, -0.05) is 0 Å². The van der Waals surface area contributed by atoms with Gasteiger partial charge in [-0.2, -0.15) is 0 Å². The molecule has 0 saturated carbocycles. The van der Waals surface area contributed by atoms with Crippen LogP contribution in [-0.2, 0) is 9.47 Å². The van der Waals surface area contributed by atoms with Crippen molar-refractivity contribution >= 4 is 46.2 Å². The Morgan fingerprint density at radius 3 is 1.65 bits per heavy atom. The van der Waals surface area contributed by atoms with Crippen LogP contribution < -0.4 is 0 Å². The summed E-state index contributed by atoms with van der Waals surface area (Å²) in [6, 6.07) is 8.70. The van der Waals surface area contributed by atoms with Crippen LogP contribution in [0, 0.1) is 0 Å². The first kappa shape index (κ1) is 16.1. The fraction of sp³-hybridized carbons (Fsp3) is 0.111. The fourth-order valence-corrected chi connectivity index (χ4v) is 4.99. The molecular formula is C18H16O2S3. The molecule has 0 radical (unpaired) electrons. The molecule has 0 amide bonds. The molecule has 0 unspecified atom stereocenters. The summed E-state index contributed by atoms with van der Waals surface area (Å²) in [5, 5.41) is 4.23. The second kappa shape index (κ2) is 7.64. The van der Waals surface area contributed by atoms with Gasteiger partial charge in [0.05, 0.1) is 26.7 Å². The van der Waals surface area contributed by atoms with Crippen LogP contribution in [0.4, 0.5) is 0 Å². The van der Waals surface area contributed by atoms with Crippen LogP contribution in [0.25, 0.3) is 33.0 Å². The predicted molar refractivity (Wildman–Crippen MR) is 103 cm³/mol. The first-order valence-corrected chi connectivity index (χ1v) is 9.55. The third-order valence-corrected chi connectivity index (χ3v) is 6.15. The van der Waals surface area contributed by atoms with E-state index in [0.717, 1.165) is 0 Å². The lowest BCUT2D eigenvalue weighted by molar-refractivity contribution is 0.341. The highest BCUT2D eigenvalue weighted by atomic mass is 32.1. The molecule has 5 heteroatoms. The van der Waals surface area contributed by atoms with E-state index in [2.05, 4.69) is 35.0 Å². The van der Waals surface area contributed by atoms with Crippen LogP contribution in [0.15, 0.2) is 47.5 Å². The van der Waals surface area contributed by atoms with Crippen LogP contribution in [0.1, 0.15) is 9.75 Å². The molecule has 0 aliphatic carbocycles. The van der Waals surface area contributed by atoms with Crippen LogP contribution >= 0.6 is 34.0 Å². The largest absolute Gasteiger partial charge is 0.504 e. The van der Waals surface area contributed by atoms with Gasteiger partial charge in [0, 0.05) is 30.6 Å². The Bertz CT molecular complexity index is 754. The van der Waals surface area contributed by atoms with E-state index in [0.29, 0.717) is 0 Å². The first-order valence-electron chi connectivity index (χ1n) is 6.97. The number of ether oxygens (including phenoxy) is 2. The van der Waals surface area contributed by atoms with E-state index in [1.165, 1.54) is 30.6 Å². The number of rotatable bonds is 6. The van der Waals surface area contributed by atoms with Crippen molar-refractivity contribution in [3.63, 3.8) is 0 Å². The van der Waals surface area contributed by atoms with Crippen LogP contribution in [-0.4, -0.2) is 14.2 Å². The maximum Gasteiger partial charge on any atom is 0.0838 e. The van der Waals surface area contributed by atoms with E-state index in [1.807, 2.05) is 23.5 Å². The monoisotopic (exact) mass is 360 g/mol. The molecule has 0 aliphatic rings. The Kier molecular flexibility index (Phi) is 5.33. The average molecular weight is 361 g/mol. The molecular weight excluding hydrogens is 344 g/mol. The lowest BCUT2D eigenvalue weighted by Gasteiger charge is -1.97. The van der Waals surface area contributed by atoms with Crippen molar-refractivity contribution < 1.29 is 9.47 Å². The van der Waals surface area contributed by atoms with Crippen molar-refractivity contribution in [2.45, 2.75) is 0 Å². The lowest BCUT2D eigenvalue weighted by atomic mass is 10.2. The van der Waals surface area contributed by atoms with Gasteiger partial charge < -0.3 is 9.47 Å². The lowest BCUT2D eigenvalue weighted by Crippen LogP contribution is -1.72. The molecule has 0 saturated heterocycles. The molecule has 0 bridgehead atoms. The van der Waals surface area contributed by atoms with Crippen molar-refractivity contribution in [1.29, 1.82) is 0 Å². The molecule has 3 heterocycles. The summed E-state index contributed by atoms with van der Waals surface area (Å²) >= 11 is 5.25. The SMILES string of the molecule is CO/C=C/c1sccc1-c1ccc(-c2ccsc2/C=C/OC)s1. The van der Waals surface area contributed by atoms with Gasteiger partial charge in [0.1, 0.15) is 0 Å². The molecule has 3 aromatic heterocycles. The quantitative estimate of drug-likeness (QED) is 0.471. The number of methoxy groups -OCH3 is 2. The highest BCUT2D eigenvalue weighted by Crippen LogP contribution is 2.40. The standard InChI is InChI=1S/C18H16O2S3/c1-19-9-5-15-13(7-11-21-15)17-3-4-18(23-17)14-8-12-22-16(14)6-10-20-2/h3-12H,1-2H3/b9-5+,10-6+. The Balaban J connectivity index is 1.93. The second-order valence-corrected chi connectivity index (χ2v) is 7.62. The average Bonchev–Trinajstić information content (AvgIpc) is 3.29. The van der Waals surface area contributed by atoms with E-state index in [9.17, 15) is 0 Å². The van der Waals surface area contributed by atoms with Gasteiger partial charge in [-0.15, -0.1) is 34.0 Å². The van der Waals surface area contributed by atoms with Crippen molar-refractivity contribution in [2.75, 3.05) is 14.2 Å². The molecule has 0 aromatic carbocycles. The number of hydrogen-bond donors (Lipinski definition) is 0. The number of thiophene rings is 3. The molecule has 0 aliphatic heterocycles. The number of hydrogen-bond acceptors (Lipinski definition) is 5. The van der Waals surface area contributed by atoms with E-state index >= 15 is 0 Å². The third-order valence-electron chi connectivity index (χ3n) is 3.24. The van der Waals surface area contributed by atoms with Gasteiger partial charge in [0.25, 0.3) is 0 Å². The summed E-state index contributed by atoms with van der Waals surface area (Å²) in [5.74, 6) is 0. The molecule has 2 nitrogen and oxygen atoms in total. The summed E-state index contributed by atoms with van der Waals surface area (Å²) in [4.78, 5) is 4.96. The highest BCUT2D eigenvalue weighted by Gasteiger charge is 2.11. The molecule has 118 valence electrons. The first-order chi connectivity index (χ1) is 11.3. The third kappa shape index (κ3) is 3.58. The van der Waals surface area contributed by atoms with Gasteiger partial charge in [-0.25, -0.2) is 0 Å². The fourth-order valence-electron chi connectivity index (χ4n) is 2.19. The van der Waals surface area contributed by atoms with Crippen molar-refractivity contribution in [3.8, 4) is 20.9 Å². The molecule has 3 aromatic rings. The Hall–Kier alpha value is -1.82. The molecule has 3 rings (SSSR count). The van der Waals surface area contributed by atoms with E-state index in [4.69, 9.17) is 9.47 Å². The van der Waals surface area contributed by atoms with Crippen LogP contribution in [0.2, 0.25) is 0 Å². The molecule has 23 heavy (non-hydrogen) atoms. The van der Waals surface area contributed by atoms with Gasteiger partial charge >= 0.3 is 0 Å². The Labute approximate surface area is 148 Å². The Morgan fingerprint density at radius 1 is 0.739 bits per heavy atom. The van der Waals surface area contributed by atoms with Crippen molar-refractivity contribution in [1.82, 2.24) is 0 Å². The highest BCUT2D eigenvalue weighted by molar-refractivity contribution is 7.20. The minimum Gasteiger partial charge on any atom is -0.504 e. The maximum absolute atomic E-state index is 5.03. The summed E-state index contributed by atoms with van der Waals surface area (Å²) < 4.78 is 10.1. The van der Waals surface area contributed by atoms with Crippen LogP contribution in [0.5, 0.6) is 0 Å². The minimum absolute atomic E-state index is 1.21. The molecule has 0 fully saturated rings. The second-order valence-electron chi connectivity index (χ2n) is 4.64. The maximum atomic E-state index is 5.03. The molecule has 0 N–H and O–H groups in total. The zero-order valence-corrected chi connectivity index (χ0v) is 15.3. The smallest absolute Gasteiger partial charge is 0.0838 e. The Morgan fingerprint density at radius 2 is 1.22 bits per heavy atom. The van der Waals surface area contributed by atoms with Gasteiger partial charge in [0.2, 0.25) is 0 Å². The zero-order chi connectivity index (χ0) is 16.1. The van der Waals surface area contributed by atoms with E-state index in [-0.39, 0.29) is 0 Å². The molecule has 0 spiro atoms. The predicted octanol–water partition coefficient (Wildman–Crippen LogP) is 6.44. The zero-order valence-electron chi connectivity index (χ0n) is 12.8. The summed E-state index contributed by atoms with van der Waals surface area (Å²) in [5.41, 5.74) is 2.51. The topological polar surface area (TPSA) is 18.5 Å². The van der Waals surface area contributed by atoms with Gasteiger partial charge in [0.15, 0.2) is 0 Å². The summed E-state index contributed by atoms with van der Waals surface area (Å²) in [7, 11) is 3.33. The normalized spacial score (nSPS) is 11.6. The van der Waals surface area contributed by atoms with E-state index < -0.39 is 0 Å². The van der Waals surface area contributed by atoms with Gasteiger partial charge in [-0.3, -0.25) is 0 Å². The van der Waals surface area contributed by atoms with Crippen LogP contribution in [0.3, 0.4) is 0 Å². The summed E-state index contributed by atoms with van der Waals surface area (Å²) in [6.07, 6.45) is 7.46. The van der Waals surface area contributed by atoms with Crippen molar-refractivity contribution in [2.24, 2.45) is 0 Å². The van der Waals surface area contributed by atoms with Gasteiger partial charge in [-0.05, 0) is 47.2 Å².